The second kappa shape index (κ2) is 6.55. The molecule has 0 bridgehead atoms. The fraction of sp³-hybridized carbons (Fsp3) is 0.200. The summed E-state index contributed by atoms with van der Waals surface area (Å²) in [7, 11) is 1.66. The number of rotatable bonds is 5. The van der Waals surface area contributed by atoms with Crippen LogP contribution in [0.1, 0.15) is 11.1 Å². The van der Waals surface area contributed by atoms with Crippen LogP contribution in [0.3, 0.4) is 0 Å². The van der Waals surface area contributed by atoms with E-state index >= 15 is 0 Å². The highest BCUT2D eigenvalue weighted by molar-refractivity contribution is 6.33. The summed E-state index contributed by atoms with van der Waals surface area (Å²) in [5.74, 6) is -0.306. The lowest BCUT2D eigenvalue weighted by molar-refractivity contribution is 0.185. The second-order valence-electron chi connectivity index (χ2n) is 4.23. The highest BCUT2D eigenvalue weighted by Crippen LogP contribution is 2.23. The Balaban J connectivity index is 2.05. The Hall–Kier alpha value is -1.58. The van der Waals surface area contributed by atoms with Gasteiger partial charge in [0.1, 0.15) is 5.82 Å². The molecule has 0 saturated heterocycles. The van der Waals surface area contributed by atoms with Gasteiger partial charge in [-0.2, -0.15) is 0 Å². The summed E-state index contributed by atoms with van der Waals surface area (Å²) >= 11 is 5.99. The molecule has 1 N–H and O–H groups in total. The number of anilines is 1. The minimum Gasteiger partial charge on any atom is -0.380 e. The first-order valence-corrected chi connectivity index (χ1v) is 6.32. The smallest absolute Gasteiger partial charge is 0.125 e. The number of hydrogen-bond donors (Lipinski definition) is 1. The predicted molar refractivity (Wildman–Crippen MR) is 75.9 cm³/mol. The Morgan fingerprint density at radius 3 is 2.74 bits per heavy atom. The van der Waals surface area contributed by atoms with Gasteiger partial charge in [0.2, 0.25) is 0 Å². The molecule has 0 fully saturated rings. The normalized spacial score (nSPS) is 10.5. The van der Waals surface area contributed by atoms with E-state index in [0.717, 1.165) is 11.1 Å². The highest BCUT2D eigenvalue weighted by Gasteiger charge is 2.02. The molecule has 0 aliphatic heterocycles. The van der Waals surface area contributed by atoms with Crippen molar-refractivity contribution >= 4 is 17.3 Å². The van der Waals surface area contributed by atoms with Gasteiger partial charge in [0.05, 0.1) is 17.3 Å². The Kier molecular flexibility index (Phi) is 4.77. The van der Waals surface area contributed by atoms with Crippen molar-refractivity contribution in [3.05, 3.63) is 64.4 Å². The highest BCUT2D eigenvalue weighted by atomic mass is 35.5. The van der Waals surface area contributed by atoms with E-state index in [1.165, 1.54) is 12.1 Å². The Bertz CT molecular complexity index is 560. The molecule has 0 amide bonds. The zero-order valence-corrected chi connectivity index (χ0v) is 11.4. The Morgan fingerprint density at radius 2 is 1.95 bits per heavy atom. The van der Waals surface area contributed by atoms with Crippen LogP contribution in [-0.4, -0.2) is 7.11 Å². The number of methoxy groups -OCH3 is 1. The second-order valence-corrected chi connectivity index (χ2v) is 4.64. The minimum atomic E-state index is -0.306. The summed E-state index contributed by atoms with van der Waals surface area (Å²) in [4.78, 5) is 0. The number of nitrogens with one attached hydrogen (secondary N) is 1. The monoisotopic (exact) mass is 279 g/mol. The molecule has 0 saturated carbocycles. The van der Waals surface area contributed by atoms with Crippen LogP contribution in [0.5, 0.6) is 0 Å². The van der Waals surface area contributed by atoms with Crippen molar-refractivity contribution in [1.82, 2.24) is 0 Å². The average molecular weight is 280 g/mol. The van der Waals surface area contributed by atoms with E-state index in [2.05, 4.69) is 5.32 Å². The van der Waals surface area contributed by atoms with Gasteiger partial charge in [0.25, 0.3) is 0 Å². The summed E-state index contributed by atoms with van der Waals surface area (Å²) in [5.41, 5.74) is 2.79. The molecular weight excluding hydrogens is 265 g/mol. The van der Waals surface area contributed by atoms with Crippen LogP contribution in [0.4, 0.5) is 10.1 Å². The third-order valence-electron chi connectivity index (χ3n) is 2.71. The number of ether oxygens (including phenoxy) is 1. The first-order chi connectivity index (χ1) is 9.19. The van der Waals surface area contributed by atoms with E-state index in [0.29, 0.717) is 23.9 Å². The molecule has 4 heteroatoms. The summed E-state index contributed by atoms with van der Waals surface area (Å²) in [6.07, 6.45) is 0. The van der Waals surface area contributed by atoms with E-state index in [1.54, 1.807) is 13.2 Å². The Labute approximate surface area is 117 Å². The van der Waals surface area contributed by atoms with Crippen LogP contribution < -0.4 is 5.32 Å². The van der Waals surface area contributed by atoms with Gasteiger partial charge in [-0.25, -0.2) is 4.39 Å². The molecular formula is C15H15ClFNO. The van der Waals surface area contributed by atoms with Gasteiger partial charge in [0, 0.05) is 13.7 Å². The molecule has 2 aromatic rings. The van der Waals surface area contributed by atoms with Crippen molar-refractivity contribution in [3.8, 4) is 0 Å². The van der Waals surface area contributed by atoms with Crippen LogP contribution in [0.2, 0.25) is 5.02 Å². The number of hydrogen-bond acceptors (Lipinski definition) is 2. The van der Waals surface area contributed by atoms with E-state index < -0.39 is 0 Å². The molecule has 0 aromatic heterocycles. The van der Waals surface area contributed by atoms with E-state index in [9.17, 15) is 4.39 Å². The summed E-state index contributed by atoms with van der Waals surface area (Å²) in [5, 5.41) is 3.64. The van der Waals surface area contributed by atoms with Crippen LogP contribution >= 0.6 is 11.6 Å². The van der Waals surface area contributed by atoms with Crippen LogP contribution in [0, 0.1) is 5.82 Å². The lowest BCUT2D eigenvalue weighted by atomic mass is 10.1. The zero-order chi connectivity index (χ0) is 13.7. The van der Waals surface area contributed by atoms with Crippen molar-refractivity contribution < 1.29 is 9.13 Å². The van der Waals surface area contributed by atoms with E-state index in [4.69, 9.17) is 16.3 Å². The molecule has 0 heterocycles. The summed E-state index contributed by atoms with van der Waals surface area (Å²) in [6, 6.07) is 12.3. The van der Waals surface area contributed by atoms with Crippen LogP contribution in [0.25, 0.3) is 0 Å². The van der Waals surface area contributed by atoms with Gasteiger partial charge in [-0.15, -0.1) is 0 Å². The van der Waals surface area contributed by atoms with Crippen LogP contribution in [0.15, 0.2) is 42.5 Å². The topological polar surface area (TPSA) is 21.3 Å². The van der Waals surface area contributed by atoms with Crippen molar-refractivity contribution in [1.29, 1.82) is 0 Å². The van der Waals surface area contributed by atoms with E-state index in [1.807, 2.05) is 24.3 Å². The molecule has 2 rings (SSSR count). The third kappa shape index (κ3) is 3.94. The molecule has 100 valence electrons. The maximum Gasteiger partial charge on any atom is 0.125 e. The standard InChI is InChI=1S/C15H15ClFNO/c1-19-10-12-4-2-3-11(7-12)9-18-15-8-13(17)5-6-14(15)16/h2-8,18H,9-10H2,1H3. The molecule has 2 nitrogen and oxygen atoms in total. The first-order valence-electron chi connectivity index (χ1n) is 5.94. The fourth-order valence-electron chi connectivity index (χ4n) is 1.83. The minimum absolute atomic E-state index is 0.306. The molecule has 2 aromatic carbocycles. The molecule has 19 heavy (non-hydrogen) atoms. The largest absolute Gasteiger partial charge is 0.380 e. The van der Waals surface area contributed by atoms with Gasteiger partial charge in [0.15, 0.2) is 0 Å². The van der Waals surface area contributed by atoms with Crippen molar-refractivity contribution in [2.45, 2.75) is 13.2 Å². The molecule has 0 atom stereocenters. The van der Waals surface area contributed by atoms with Crippen molar-refractivity contribution in [2.24, 2.45) is 0 Å². The molecule has 0 unspecified atom stereocenters. The molecule has 0 radical (unpaired) electrons. The lowest BCUT2D eigenvalue weighted by Crippen LogP contribution is -2.01. The lowest BCUT2D eigenvalue weighted by Gasteiger charge is -2.09. The van der Waals surface area contributed by atoms with Gasteiger partial charge in [-0.1, -0.05) is 35.9 Å². The first kappa shape index (κ1) is 13.8. The predicted octanol–water partition coefficient (Wildman–Crippen LogP) is 4.24. The van der Waals surface area contributed by atoms with Gasteiger partial charge >= 0.3 is 0 Å². The summed E-state index contributed by atoms with van der Waals surface area (Å²) in [6.45, 7) is 1.16. The third-order valence-corrected chi connectivity index (χ3v) is 3.04. The molecule has 0 spiro atoms. The van der Waals surface area contributed by atoms with E-state index in [-0.39, 0.29) is 5.82 Å². The summed E-state index contributed by atoms with van der Waals surface area (Å²) < 4.78 is 18.2. The maximum atomic E-state index is 13.1. The van der Waals surface area contributed by atoms with Crippen molar-refractivity contribution in [3.63, 3.8) is 0 Å². The SMILES string of the molecule is COCc1cccc(CNc2cc(F)ccc2Cl)c1. The average Bonchev–Trinajstić information content (AvgIpc) is 2.41. The maximum absolute atomic E-state index is 13.1. The number of benzene rings is 2. The fourth-order valence-corrected chi connectivity index (χ4v) is 2.01. The van der Waals surface area contributed by atoms with Crippen LogP contribution in [-0.2, 0) is 17.9 Å². The van der Waals surface area contributed by atoms with Gasteiger partial charge in [-0.3, -0.25) is 0 Å². The quantitative estimate of drug-likeness (QED) is 0.884. The Morgan fingerprint density at radius 1 is 1.16 bits per heavy atom. The van der Waals surface area contributed by atoms with Gasteiger partial charge < -0.3 is 10.1 Å². The molecule has 0 aliphatic rings. The molecule has 0 aliphatic carbocycles. The van der Waals surface area contributed by atoms with Gasteiger partial charge in [-0.05, 0) is 29.3 Å². The number of halogens is 2. The zero-order valence-electron chi connectivity index (χ0n) is 10.6. The van der Waals surface area contributed by atoms with Crippen molar-refractivity contribution in [2.75, 3.05) is 12.4 Å².